The van der Waals surface area contributed by atoms with Crippen LogP contribution in [0, 0.1) is 5.82 Å². The normalized spacial score (nSPS) is 12.5. The first-order chi connectivity index (χ1) is 6.15. The predicted molar refractivity (Wildman–Crippen MR) is 52.9 cm³/mol. The van der Waals surface area contributed by atoms with Crippen molar-refractivity contribution in [3.63, 3.8) is 0 Å². The molecule has 0 aliphatic heterocycles. The van der Waals surface area contributed by atoms with E-state index in [2.05, 4.69) is 6.58 Å². The van der Waals surface area contributed by atoms with Crippen molar-refractivity contribution in [3.8, 4) is 0 Å². The Labute approximate surface area is 78.1 Å². The fourth-order valence-electron chi connectivity index (χ4n) is 1.23. The molecule has 1 rings (SSSR count). The molecular formula is C11H14FN. The second-order valence-corrected chi connectivity index (χ2v) is 3.14. The van der Waals surface area contributed by atoms with Crippen molar-refractivity contribution in [3.05, 3.63) is 47.8 Å². The Morgan fingerprint density at radius 3 is 2.77 bits per heavy atom. The lowest BCUT2D eigenvalue weighted by molar-refractivity contribution is 0.592. The maximum Gasteiger partial charge on any atom is 0.128 e. The molecule has 0 heterocycles. The number of halogens is 1. The summed E-state index contributed by atoms with van der Waals surface area (Å²) >= 11 is 0. The van der Waals surface area contributed by atoms with Crippen molar-refractivity contribution in [2.45, 2.75) is 19.4 Å². The van der Waals surface area contributed by atoms with Gasteiger partial charge < -0.3 is 5.73 Å². The standard InChI is InChI=1S/C11H14FN/c1-3-4-9-5-6-10(8(2)13)11(12)7-9/h3,5-8H,1,4,13H2,2H3. The van der Waals surface area contributed by atoms with E-state index in [1.165, 1.54) is 6.07 Å². The van der Waals surface area contributed by atoms with Crippen LogP contribution in [-0.2, 0) is 6.42 Å². The zero-order chi connectivity index (χ0) is 9.84. The summed E-state index contributed by atoms with van der Waals surface area (Å²) in [4.78, 5) is 0. The van der Waals surface area contributed by atoms with E-state index < -0.39 is 0 Å². The highest BCUT2D eigenvalue weighted by molar-refractivity contribution is 5.27. The third kappa shape index (κ3) is 2.39. The average Bonchev–Trinajstić information content (AvgIpc) is 2.04. The molecule has 0 fully saturated rings. The van der Waals surface area contributed by atoms with E-state index >= 15 is 0 Å². The van der Waals surface area contributed by atoms with Crippen molar-refractivity contribution >= 4 is 0 Å². The molecule has 1 aromatic rings. The predicted octanol–water partition coefficient (Wildman–Crippen LogP) is 2.57. The van der Waals surface area contributed by atoms with Crippen LogP contribution in [0.1, 0.15) is 24.1 Å². The third-order valence-electron chi connectivity index (χ3n) is 1.94. The molecule has 1 nitrogen and oxygen atoms in total. The summed E-state index contributed by atoms with van der Waals surface area (Å²) < 4.78 is 13.3. The number of hydrogen-bond acceptors (Lipinski definition) is 1. The van der Waals surface area contributed by atoms with Crippen LogP contribution < -0.4 is 5.73 Å². The van der Waals surface area contributed by atoms with E-state index in [0.717, 1.165) is 5.56 Å². The minimum absolute atomic E-state index is 0.227. The molecule has 13 heavy (non-hydrogen) atoms. The monoisotopic (exact) mass is 179 g/mol. The molecule has 0 saturated carbocycles. The van der Waals surface area contributed by atoms with Crippen molar-refractivity contribution in [2.24, 2.45) is 5.73 Å². The third-order valence-corrected chi connectivity index (χ3v) is 1.94. The van der Waals surface area contributed by atoms with Gasteiger partial charge in [-0.1, -0.05) is 18.2 Å². The van der Waals surface area contributed by atoms with Gasteiger partial charge in [0.15, 0.2) is 0 Å². The largest absolute Gasteiger partial charge is 0.324 e. The van der Waals surface area contributed by atoms with Gasteiger partial charge in [-0.2, -0.15) is 0 Å². The van der Waals surface area contributed by atoms with Crippen LogP contribution in [0.4, 0.5) is 4.39 Å². The highest BCUT2D eigenvalue weighted by Crippen LogP contribution is 2.16. The van der Waals surface area contributed by atoms with E-state index in [1.807, 2.05) is 6.07 Å². The molecule has 0 amide bonds. The Kier molecular flexibility index (Phi) is 3.20. The van der Waals surface area contributed by atoms with Gasteiger partial charge in [0.2, 0.25) is 0 Å². The highest BCUT2D eigenvalue weighted by atomic mass is 19.1. The van der Waals surface area contributed by atoms with Crippen LogP contribution in [0.25, 0.3) is 0 Å². The Morgan fingerprint density at radius 1 is 1.62 bits per heavy atom. The molecule has 1 aromatic carbocycles. The molecule has 0 bridgehead atoms. The molecule has 1 atom stereocenters. The molecule has 0 aliphatic carbocycles. The summed E-state index contributed by atoms with van der Waals surface area (Å²) in [5.74, 6) is -0.227. The molecule has 0 radical (unpaired) electrons. The summed E-state index contributed by atoms with van der Waals surface area (Å²) in [7, 11) is 0. The lowest BCUT2D eigenvalue weighted by Crippen LogP contribution is -2.07. The van der Waals surface area contributed by atoms with E-state index in [9.17, 15) is 4.39 Å². The van der Waals surface area contributed by atoms with Gasteiger partial charge in [0.05, 0.1) is 0 Å². The Bertz CT molecular complexity index is 305. The lowest BCUT2D eigenvalue weighted by atomic mass is 10.0. The summed E-state index contributed by atoms with van der Waals surface area (Å²) in [6.45, 7) is 5.37. The van der Waals surface area contributed by atoms with E-state index in [-0.39, 0.29) is 11.9 Å². The van der Waals surface area contributed by atoms with Crippen LogP contribution in [0.3, 0.4) is 0 Å². The topological polar surface area (TPSA) is 26.0 Å². The summed E-state index contributed by atoms with van der Waals surface area (Å²) in [5.41, 5.74) is 7.07. The van der Waals surface area contributed by atoms with E-state index in [0.29, 0.717) is 12.0 Å². The molecule has 0 spiro atoms. The van der Waals surface area contributed by atoms with Crippen molar-refractivity contribution in [1.82, 2.24) is 0 Å². The molecule has 2 N–H and O–H groups in total. The fraction of sp³-hybridized carbons (Fsp3) is 0.273. The first kappa shape index (κ1) is 9.93. The molecule has 0 saturated heterocycles. The van der Waals surface area contributed by atoms with Crippen molar-refractivity contribution in [1.29, 1.82) is 0 Å². The second kappa shape index (κ2) is 4.19. The zero-order valence-corrected chi connectivity index (χ0v) is 7.76. The molecule has 0 aromatic heterocycles. The van der Waals surface area contributed by atoms with Gasteiger partial charge >= 0.3 is 0 Å². The van der Waals surface area contributed by atoms with Crippen LogP contribution in [0.5, 0.6) is 0 Å². The summed E-state index contributed by atoms with van der Waals surface area (Å²) in [6, 6.07) is 4.88. The quantitative estimate of drug-likeness (QED) is 0.709. The van der Waals surface area contributed by atoms with Crippen LogP contribution >= 0.6 is 0 Å². The highest BCUT2D eigenvalue weighted by Gasteiger charge is 2.06. The van der Waals surface area contributed by atoms with Crippen molar-refractivity contribution in [2.75, 3.05) is 0 Å². The van der Waals surface area contributed by atoms with Gasteiger partial charge in [-0.15, -0.1) is 6.58 Å². The molecular weight excluding hydrogens is 165 g/mol. The SMILES string of the molecule is C=CCc1ccc(C(C)N)c(F)c1. The molecule has 70 valence electrons. The number of nitrogens with two attached hydrogens (primary N) is 1. The lowest BCUT2D eigenvalue weighted by Gasteiger charge is -2.07. The summed E-state index contributed by atoms with van der Waals surface area (Å²) in [6.07, 6.45) is 2.44. The van der Waals surface area contributed by atoms with Crippen LogP contribution in [0.15, 0.2) is 30.9 Å². The smallest absolute Gasteiger partial charge is 0.128 e. The van der Waals surface area contributed by atoms with E-state index in [1.54, 1.807) is 19.1 Å². The molecule has 0 aliphatic rings. The number of benzene rings is 1. The molecule has 2 heteroatoms. The van der Waals surface area contributed by atoms with Gasteiger partial charge in [-0.25, -0.2) is 4.39 Å². The maximum absolute atomic E-state index is 13.3. The zero-order valence-electron chi connectivity index (χ0n) is 7.76. The second-order valence-electron chi connectivity index (χ2n) is 3.14. The Morgan fingerprint density at radius 2 is 2.31 bits per heavy atom. The van der Waals surface area contributed by atoms with E-state index in [4.69, 9.17) is 5.73 Å². The van der Waals surface area contributed by atoms with Crippen LogP contribution in [0.2, 0.25) is 0 Å². The Hall–Kier alpha value is -1.15. The van der Waals surface area contributed by atoms with Gasteiger partial charge in [0.25, 0.3) is 0 Å². The Balaban J connectivity index is 2.98. The number of allylic oxidation sites excluding steroid dienone is 1. The van der Waals surface area contributed by atoms with Gasteiger partial charge in [0, 0.05) is 11.6 Å². The first-order valence-corrected chi connectivity index (χ1v) is 4.30. The molecule has 1 unspecified atom stereocenters. The van der Waals surface area contributed by atoms with Crippen LogP contribution in [-0.4, -0.2) is 0 Å². The maximum atomic E-state index is 13.3. The van der Waals surface area contributed by atoms with Gasteiger partial charge in [0.1, 0.15) is 5.82 Å². The number of rotatable bonds is 3. The fourth-order valence-corrected chi connectivity index (χ4v) is 1.23. The summed E-state index contributed by atoms with van der Waals surface area (Å²) in [5, 5.41) is 0. The van der Waals surface area contributed by atoms with Gasteiger partial charge in [-0.3, -0.25) is 0 Å². The van der Waals surface area contributed by atoms with Gasteiger partial charge in [-0.05, 0) is 25.0 Å². The number of hydrogen-bond donors (Lipinski definition) is 1. The minimum Gasteiger partial charge on any atom is -0.324 e. The first-order valence-electron chi connectivity index (χ1n) is 4.30. The minimum atomic E-state index is -0.252. The average molecular weight is 179 g/mol. The van der Waals surface area contributed by atoms with Crippen molar-refractivity contribution < 1.29 is 4.39 Å².